The van der Waals surface area contributed by atoms with Crippen LogP contribution >= 0.6 is 0 Å². The number of carbonyl (C=O) groups excluding carboxylic acids is 1. The van der Waals surface area contributed by atoms with E-state index in [2.05, 4.69) is 26.7 Å². The molecule has 3 aromatic rings. The lowest BCUT2D eigenvalue weighted by atomic mass is 10.2. The molecule has 0 fully saturated rings. The minimum atomic E-state index is -3.63. The molecule has 0 unspecified atom stereocenters. The van der Waals surface area contributed by atoms with Crippen LogP contribution in [0.1, 0.15) is 38.4 Å². The number of nitrogens with zero attached hydrogens (tertiary/aromatic N) is 1. The van der Waals surface area contributed by atoms with Crippen LogP contribution in [-0.2, 0) is 16.6 Å². The van der Waals surface area contributed by atoms with Crippen molar-refractivity contribution in [1.82, 2.24) is 14.6 Å². The summed E-state index contributed by atoms with van der Waals surface area (Å²) < 4.78 is 29.8. The van der Waals surface area contributed by atoms with Crippen LogP contribution in [0.3, 0.4) is 0 Å². The molecular weight excluding hydrogens is 410 g/mol. The lowest BCUT2D eigenvalue weighted by molar-refractivity contribution is 0.0953. The van der Waals surface area contributed by atoms with Gasteiger partial charge in [0.1, 0.15) is 0 Å². The molecule has 0 saturated heterocycles. The van der Waals surface area contributed by atoms with Gasteiger partial charge in [-0.25, -0.2) is 13.1 Å². The van der Waals surface area contributed by atoms with Gasteiger partial charge in [-0.3, -0.25) is 4.79 Å². The van der Waals surface area contributed by atoms with Gasteiger partial charge in [0, 0.05) is 31.0 Å². The lowest BCUT2D eigenvalue weighted by Gasteiger charge is -2.11. The van der Waals surface area contributed by atoms with E-state index in [0.29, 0.717) is 17.7 Å². The number of hydrogen-bond acceptors (Lipinski definition) is 3. The van der Waals surface area contributed by atoms with Gasteiger partial charge >= 0.3 is 0 Å². The highest BCUT2D eigenvalue weighted by Gasteiger charge is 2.18. The summed E-state index contributed by atoms with van der Waals surface area (Å²) in [7, 11) is -3.63. The van der Waals surface area contributed by atoms with Crippen molar-refractivity contribution < 1.29 is 13.2 Å². The van der Waals surface area contributed by atoms with E-state index in [0.717, 1.165) is 22.5 Å². The molecule has 0 saturated carbocycles. The van der Waals surface area contributed by atoms with Crippen molar-refractivity contribution in [2.75, 3.05) is 13.1 Å². The maximum Gasteiger partial charge on any atom is 0.253 e. The van der Waals surface area contributed by atoms with Crippen LogP contribution in [0.5, 0.6) is 0 Å². The molecule has 1 heterocycles. The maximum atomic E-state index is 12.7. The largest absolute Gasteiger partial charge is 0.351 e. The van der Waals surface area contributed by atoms with Crippen molar-refractivity contribution in [1.29, 1.82) is 0 Å². The highest BCUT2D eigenvalue weighted by Crippen LogP contribution is 2.18. The Morgan fingerprint density at radius 3 is 2.35 bits per heavy atom. The lowest BCUT2D eigenvalue weighted by Crippen LogP contribution is -2.35. The summed E-state index contributed by atoms with van der Waals surface area (Å²) in [5.74, 6) is -0.210. The molecule has 31 heavy (non-hydrogen) atoms. The number of rotatable bonds is 8. The average Bonchev–Trinajstić information content (AvgIpc) is 3.02. The molecule has 0 aliphatic rings. The first-order valence-electron chi connectivity index (χ1n) is 10.2. The first kappa shape index (κ1) is 22.8. The second kappa shape index (κ2) is 9.49. The van der Waals surface area contributed by atoms with Gasteiger partial charge in [-0.1, -0.05) is 42.5 Å². The molecule has 0 radical (unpaired) electrons. The van der Waals surface area contributed by atoms with Crippen molar-refractivity contribution in [3.8, 4) is 0 Å². The molecule has 1 amide bonds. The zero-order valence-electron chi connectivity index (χ0n) is 18.4. The smallest absolute Gasteiger partial charge is 0.253 e. The molecule has 0 aliphatic heterocycles. The SMILES string of the molecule is Cc1ccc(C)c(S(=O)(=O)NCCNC(=O)c2cc(C)n(Cc3ccccc3)c2C)c1. The van der Waals surface area contributed by atoms with E-state index >= 15 is 0 Å². The van der Waals surface area contributed by atoms with Crippen LogP contribution in [0.2, 0.25) is 0 Å². The maximum absolute atomic E-state index is 12.7. The average molecular weight is 440 g/mol. The Kier molecular flexibility index (Phi) is 6.97. The first-order valence-corrected chi connectivity index (χ1v) is 11.7. The van der Waals surface area contributed by atoms with E-state index in [1.807, 2.05) is 51.1 Å². The number of nitrogens with one attached hydrogen (secondary N) is 2. The highest BCUT2D eigenvalue weighted by molar-refractivity contribution is 7.89. The molecule has 164 valence electrons. The van der Waals surface area contributed by atoms with Gasteiger partial charge in [0.05, 0.1) is 10.5 Å². The Bertz CT molecular complexity index is 1180. The first-order chi connectivity index (χ1) is 14.7. The number of amides is 1. The fourth-order valence-electron chi connectivity index (χ4n) is 3.57. The summed E-state index contributed by atoms with van der Waals surface area (Å²) in [6.07, 6.45) is 0. The zero-order valence-corrected chi connectivity index (χ0v) is 19.2. The van der Waals surface area contributed by atoms with Crippen molar-refractivity contribution in [3.05, 3.63) is 88.2 Å². The molecule has 0 spiro atoms. The quantitative estimate of drug-likeness (QED) is 0.528. The molecule has 7 heteroatoms. The van der Waals surface area contributed by atoms with Crippen molar-refractivity contribution in [2.24, 2.45) is 0 Å². The van der Waals surface area contributed by atoms with Crippen LogP contribution in [0.25, 0.3) is 0 Å². The Morgan fingerprint density at radius 1 is 0.935 bits per heavy atom. The normalized spacial score (nSPS) is 11.5. The van der Waals surface area contributed by atoms with Crippen LogP contribution in [0.15, 0.2) is 59.5 Å². The highest BCUT2D eigenvalue weighted by atomic mass is 32.2. The van der Waals surface area contributed by atoms with E-state index < -0.39 is 10.0 Å². The van der Waals surface area contributed by atoms with Crippen LogP contribution < -0.4 is 10.0 Å². The monoisotopic (exact) mass is 439 g/mol. The third-order valence-electron chi connectivity index (χ3n) is 5.34. The van der Waals surface area contributed by atoms with Crippen molar-refractivity contribution >= 4 is 15.9 Å². The second-order valence-electron chi connectivity index (χ2n) is 7.78. The van der Waals surface area contributed by atoms with Crippen LogP contribution in [0.4, 0.5) is 0 Å². The Balaban J connectivity index is 1.60. The third-order valence-corrected chi connectivity index (χ3v) is 6.94. The number of aromatic nitrogens is 1. The molecule has 0 bridgehead atoms. The second-order valence-corrected chi connectivity index (χ2v) is 9.51. The fourth-order valence-corrected chi connectivity index (χ4v) is 4.93. The Morgan fingerprint density at radius 2 is 1.65 bits per heavy atom. The summed E-state index contributed by atoms with van der Waals surface area (Å²) in [5, 5.41) is 2.82. The van der Waals surface area contributed by atoms with Crippen molar-refractivity contribution in [3.63, 3.8) is 0 Å². The van der Waals surface area contributed by atoms with E-state index in [9.17, 15) is 13.2 Å². The topological polar surface area (TPSA) is 80.2 Å². The van der Waals surface area contributed by atoms with E-state index in [4.69, 9.17) is 0 Å². The predicted molar refractivity (Wildman–Crippen MR) is 123 cm³/mol. The molecular formula is C24H29N3O3S. The van der Waals surface area contributed by atoms with Crippen LogP contribution in [0, 0.1) is 27.7 Å². The van der Waals surface area contributed by atoms with Gasteiger partial charge in [-0.05, 0) is 56.5 Å². The van der Waals surface area contributed by atoms with E-state index in [1.165, 1.54) is 0 Å². The van der Waals surface area contributed by atoms with E-state index in [-0.39, 0.29) is 23.9 Å². The molecule has 2 aromatic carbocycles. The number of hydrogen-bond donors (Lipinski definition) is 2. The molecule has 1 aromatic heterocycles. The molecule has 0 aliphatic carbocycles. The summed E-state index contributed by atoms with van der Waals surface area (Å²) in [4.78, 5) is 12.9. The fraction of sp³-hybridized carbons (Fsp3) is 0.292. The summed E-state index contributed by atoms with van der Waals surface area (Å²) >= 11 is 0. The number of carbonyl (C=O) groups is 1. The zero-order chi connectivity index (χ0) is 22.6. The standard InChI is InChI=1S/C24H29N3O3S/c1-17-10-11-18(2)23(14-17)31(29,30)26-13-12-25-24(28)22-15-19(3)27(20(22)4)16-21-8-6-5-7-9-21/h5-11,14-15,26H,12-13,16H2,1-4H3,(H,25,28). The van der Waals surface area contributed by atoms with Gasteiger partial charge in [-0.15, -0.1) is 0 Å². The minimum absolute atomic E-state index is 0.115. The van der Waals surface area contributed by atoms with Crippen LogP contribution in [-0.4, -0.2) is 32.0 Å². The molecule has 3 rings (SSSR count). The summed E-state index contributed by atoms with van der Waals surface area (Å²) in [6.45, 7) is 8.53. The summed E-state index contributed by atoms with van der Waals surface area (Å²) in [5.41, 5.74) is 5.22. The number of aryl methyl sites for hydroxylation is 3. The van der Waals surface area contributed by atoms with Gasteiger partial charge in [0.2, 0.25) is 10.0 Å². The molecule has 0 atom stereocenters. The van der Waals surface area contributed by atoms with Gasteiger partial charge in [0.25, 0.3) is 5.91 Å². The molecule has 2 N–H and O–H groups in total. The van der Waals surface area contributed by atoms with Crippen molar-refractivity contribution in [2.45, 2.75) is 39.1 Å². The minimum Gasteiger partial charge on any atom is -0.351 e. The summed E-state index contributed by atoms with van der Waals surface area (Å²) in [6, 6.07) is 17.3. The third kappa shape index (κ3) is 5.42. The molecule has 6 nitrogen and oxygen atoms in total. The number of benzene rings is 2. The Hall–Kier alpha value is -2.90. The van der Waals surface area contributed by atoms with Gasteiger partial charge in [0.15, 0.2) is 0 Å². The number of sulfonamides is 1. The predicted octanol–water partition coefficient (Wildman–Crippen LogP) is 3.48. The Labute approximate surface area is 184 Å². The van der Waals surface area contributed by atoms with Gasteiger partial charge in [-0.2, -0.15) is 0 Å². The van der Waals surface area contributed by atoms with E-state index in [1.54, 1.807) is 19.1 Å². The van der Waals surface area contributed by atoms with Gasteiger partial charge < -0.3 is 9.88 Å².